The second-order valence-electron chi connectivity index (χ2n) is 6.73. The maximum atomic E-state index is 10.5. The Kier molecular flexibility index (Phi) is 4.19. The highest BCUT2D eigenvalue weighted by Crippen LogP contribution is 2.40. The lowest BCUT2D eigenvalue weighted by molar-refractivity contribution is 0.423. The highest BCUT2D eigenvalue weighted by Gasteiger charge is 2.26. The van der Waals surface area contributed by atoms with Crippen molar-refractivity contribution < 1.29 is 5.11 Å². The first-order valence-electron chi connectivity index (χ1n) is 6.06. The molecule has 0 amide bonds. The van der Waals surface area contributed by atoms with E-state index in [2.05, 4.69) is 54.2 Å². The summed E-state index contributed by atoms with van der Waals surface area (Å²) in [6.07, 6.45) is 0. The van der Waals surface area contributed by atoms with Gasteiger partial charge in [0.25, 0.3) is 0 Å². The standard InChI is InChI=1S/C15H22OS2/c1-14(2,3)10-7-9(13(17)18)8-11(12(10)16)15(4,5)6/h7-8,16H,1-6H3,(H,17,18). The molecule has 3 heteroatoms. The maximum absolute atomic E-state index is 10.5. The predicted molar refractivity (Wildman–Crippen MR) is 86.2 cm³/mol. The topological polar surface area (TPSA) is 20.2 Å². The van der Waals surface area contributed by atoms with Crippen molar-refractivity contribution in [2.24, 2.45) is 0 Å². The first-order chi connectivity index (χ1) is 7.94. The van der Waals surface area contributed by atoms with Crippen molar-refractivity contribution in [1.82, 2.24) is 0 Å². The highest BCUT2D eigenvalue weighted by molar-refractivity contribution is 8.11. The number of thiol groups is 1. The molecule has 0 bridgehead atoms. The van der Waals surface area contributed by atoms with Crippen molar-refractivity contribution in [2.75, 3.05) is 0 Å². The van der Waals surface area contributed by atoms with E-state index in [4.69, 9.17) is 12.2 Å². The molecule has 1 aromatic rings. The molecule has 0 aliphatic heterocycles. The van der Waals surface area contributed by atoms with Crippen LogP contribution in [-0.2, 0) is 10.8 Å². The third-order valence-corrected chi connectivity index (χ3v) is 3.47. The van der Waals surface area contributed by atoms with E-state index in [1.165, 1.54) is 0 Å². The van der Waals surface area contributed by atoms with Crippen molar-refractivity contribution in [2.45, 2.75) is 52.4 Å². The molecular formula is C15H22OS2. The van der Waals surface area contributed by atoms with Crippen LogP contribution < -0.4 is 0 Å². The number of hydrogen-bond donors (Lipinski definition) is 2. The lowest BCUT2D eigenvalue weighted by Gasteiger charge is -2.28. The van der Waals surface area contributed by atoms with Gasteiger partial charge in [-0.1, -0.05) is 53.8 Å². The first kappa shape index (κ1) is 15.5. The normalized spacial score (nSPS) is 12.6. The van der Waals surface area contributed by atoms with Gasteiger partial charge >= 0.3 is 0 Å². The van der Waals surface area contributed by atoms with E-state index < -0.39 is 0 Å². The molecule has 0 saturated heterocycles. The largest absolute Gasteiger partial charge is 0.507 e. The minimum absolute atomic E-state index is 0.126. The molecular weight excluding hydrogens is 260 g/mol. The SMILES string of the molecule is CC(C)(C)c1cc(C(=S)S)cc(C(C)(C)C)c1O. The van der Waals surface area contributed by atoms with Crippen LogP contribution >= 0.6 is 24.8 Å². The molecule has 1 rings (SSSR count). The summed E-state index contributed by atoms with van der Waals surface area (Å²) < 4.78 is 0.561. The molecule has 0 saturated carbocycles. The second-order valence-corrected chi connectivity index (χ2v) is 7.88. The van der Waals surface area contributed by atoms with Crippen molar-refractivity contribution in [3.05, 3.63) is 28.8 Å². The van der Waals surface area contributed by atoms with E-state index >= 15 is 0 Å². The summed E-state index contributed by atoms with van der Waals surface area (Å²) in [4.78, 5) is 0. The zero-order valence-corrected chi connectivity index (χ0v) is 13.7. The van der Waals surface area contributed by atoms with Crippen LogP contribution in [-0.4, -0.2) is 9.30 Å². The lowest BCUT2D eigenvalue weighted by atomic mass is 9.78. The maximum Gasteiger partial charge on any atom is 0.123 e. The molecule has 0 unspecified atom stereocenters. The Hall–Kier alpha value is -0.540. The van der Waals surface area contributed by atoms with E-state index in [1.54, 1.807) is 0 Å². The van der Waals surface area contributed by atoms with Crippen LogP contribution in [0.3, 0.4) is 0 Å². The summed E-state index contributed by atoms with van der Waals surface area (Å²) in [6.45, 7) is 12.5. The lowest BCUT2D eigenvalue weighted by Crippen LogP contribution is -2.18. The molecule has 0 aliphatic rings. The number of thiocarbonyl (C=S) groups is 1. The van der Waals surface area contributed by atoms with Crippen LogP contribution in [0.4, 0.5) is 0 Å². The molecule has 1 nitrogen and oxygen atoms in total. The van der Waals surface area contributed by atoms with Crippen LogP contribution in [0.1, 0.15) is 58.2 Å². The fourth-order valence-corrected chi connectivity index (χ4v) is 2.15. The van der Waals surface area contributed by atoms with E-state index in [-0.39, 0.29) is 10.8 Å². The Morgan fingerprint density at radius 2 is 1.33 bits per heavy atom. The number of benzene rings is 1. The molecule has 1 aromatic carbocycles. The number of phenols is 1. The molecule has 0 fully saturated rings. The Balaban J connectivity index is 3.64. The summed E-state index contributed by atoms with van der Waals surface area (Å²) >= 11 is 9.41. The van der Waals surface area contributed by atoms with Gasteiger partial charge in [-0.25, -0.2) is 0 Å². The van der Waals surface area contributed by atoms with Crippen LogP contribution in [0.25, 0.3) is 0 Å². The molecule has 0 aliphatic carbocycles. The zero-order chi connectivity index (χ0) is 14.3. The molecule has 0 spiro atoms. The van der Waals surface area contributed by atoms with Crippen LogP contribution in [0, 0.1) is 0 Å². The first-order valence-corrected chi connectivity index (χ1v) is 6.91. The zero-order valence-electron chi connectivity index (χ0n) is 12.0. The van der Waals surface area contributed by atoms with Crippen molar-refractivity contribution >= 4 is 29.0 Å². The van der Waals surface area contributed by atoms with E-state index in [0.29, 0.717) is 9.95 Å². The summed E-state index contributed by atoms with van der Waals surface area (Å²) in [6, 6.07) is 3.89. The van der Waals surface area contributed by atoms with E-state index in [9.17, 15) is 5.11 Å². The third kappa shape index (κ3) is 3.27. The van der Waals surface area contributed by atoms with Crippen LogP contribution in [0.15, 0.2) is 12.1 Å². The van der Waals surface area contributed by atoms with Crippen molar-refractivity contribution in [3.63, 3.8) is 0 Å². The van der Waals surface area contributed by atoms with Gasteiger partial charge in [0, 0.05) is 11.1 Å². The third-order valence-electron chi connectivity index (χ3n) is 2.97. The Labute approximate surface area is 121 Å². The van der Waals surface area contributed by atoms with Gasteiger partial charge in [-0.3, -0.25) is 0 Å². The molecule has 0 aromatic heterocycles. The number of phenolic OH excluding ortho intramolecular Hbond substituents is 1. The minimum atomic E-state index is -0.126. The van der Waals surface area contributed by atoms with Crippen LogP contribution in [0.2, 0.25) is 0 Å². The smallest absolute Gasteiger partial charge is 0.123 e. The van der Waals surface area contributed by atoms with Crippen LogP contribution in [0.5, 0.6) is 5.75 Å². The summed E-state index contributed by atoms with van der Waals surface area (Å²) in [5, 5.41) is 10.5. The summed E-state index contributed by atoms with van der Waals surface area (Å²) in [5.74, 6) is 0.378. The van der Waals surface area contributed by atoms with Gasteiger partial charge in [-0.05, 0) is 28.5 Å². The predicted octanol–water partition coefficient (Wildman–Crippen LogP) is 4.59. The molecule has 100 valence electrons. The van der Waals surface area contributed by atoms with Crippen molar-refractivity contribution in [1.29, 1.82) is 0 Å². The Morgan fingerprint density at radius 1 is 1.00 bits per heavy atom. The molecule has 18 heavy (non-hydrogen) atoms. The van der Waals surface area contributed by atoms with Gasteiger partial charge in [-0.15, -0.1) is 12.6 Å². The van der Waals surface area contributed by atoms with Gasteiger partial charge in [0.15, 0.2) is 0 Å². The van der Waals surface area contributed by atoms with Gasteiger partial charge in [-0.2, -0.15) is 0 Å². The summed E-state index contributed by atoms with van der Waals surface area (Å²) in [7, 11) is 0. The quantitative estimate of drug-likeness (QED) is 0.580. The second kappa shape index (κ2) is 4.86. The van der Waals surface area contributed by atoms with Gasteiger partial charge in [0.05, 0.1) is 4.20 Å². The summed E-state index contributed by atoms with van der Waals surface area (Å²) in [5.41, 5.74) is 2.49. The number of aromatic hydroxyl groups is 1. The van der Waals surface area contributed by atoms with Crippen molar-refractivity contribution in [3.8, 4) is 5.75 Å². The Bertz CT molecular complexity index is 441. The Morgan fingerprint density at radius 3 is 1.56 bits per heavy atom. The highest BCUT2D eigenvalue weighted by atomic mass is 32.1. The molecule has 1 N–H and O–H groups in total. The molecule has 0 atom stereocenters. The van der Waals surface area contributed by atoms with Gasteiger partial charge in [0.2, 0.25) is 0 Å². The fourth-order valence-electron chi connectivity index (χ4n) is 1.90. The minimum Gasteiger partial charge on any atom is -0.507 e. The van der Waals surface area contributed by atoms with Gasteiger partial charge < -0.3 is 5.11 Å². The molecule has 0 radical (unpaired) electrons. The number of rotatable bonds is 1. The number of hydrogen-bond acceptors (Lipinski definition) is 2. The average molecular weight is 282 g/mol. The average Bonchev–Trinajstić information content (AvgIpc) is 2.13. The monoisotopic (exact) mass is 282 g/mol. The fraction of sp³-hybridized carbons (Fsp3) is 0.533. The van der Waals surface area contributed by atoms with Gasteiger partial charge in [0.1, 0.15) is 5.75 Å². The molecule has 0 heterocycles. The van der Waals surface area contributed by atoms with E-state index in [1.807, 2.05) is 12.1 Å². The van der Waals surface area contributed by atoms with E-state index in [0.717, 1.165) is 16.7 Å².